The molecule has 3 heteroatoms. The van der Waals surface area contributed by atoms with Gasteiger partial charge in [0.05, 0.1) is 6.61 Å². The van der Waals surface area contributed by atoms with Crippen molar-refractivity contribution in [2.45, 2.75) is 19.3 Å². The molecule has 0 amide bonds. The molecular weight excluding hydrogens is 166 g/mol. The number of pyridine rings is 1. The number of rotatable bonds is 6. The lowest BCUT2D eigenvalue weighted by Gasteiger charge is -2.04. The van der Waals surface area contributed by atoms with E-state index < -0.39 is 0 Å². The van der Waals surface area contributed by atoms with Crippen LogP contribution in [0.1, 0.15) is 19.3 Å². The van der Waals surface area contributed by atoms with E-state index in [1.807, 2.05) is 12.1 Å². The van der Waals surface area contributed by atoms with Gasteiger partial charge in [-0.1, -0.05) is 0 Å². The number of unbranched alkanes of at least 4 members (excludes halogenated alkanes) is 2. The molecule has 1 heterocycles. The summed E-state index contributed by atoms with van der Waals surface area (Å²) in [7, 11) is 0. The number of aliphatic hydroxyl groups excluding tert-OH is 1. The zero-order chi connectivity index (χ0) is 9.36. The standard InChI is InChI=1S/C10H15NO2/c12-8-2-1-3-9-13-10-4-6-11-7-5-10/h4-7,12H,1-3,8-9H2. The molecule has 0 spiro atoms. The van der Waals surface area contributed by atoms with Gasteiger partial charge in [-0.2, -0.15) is 0 Å². The lowest BCUT2D eigenvalue weighted by Crippen LogP contribution is -1.97. The lowest BCUT2D eigenvalue weighted by atomic mass is 10.2. The van der Waals surface area contributed by atoms with Crippen LogP contribution in [0.25, 0.3) is 0 Å². The predicted molar refractivity (Wildman–Crippen MR) is 50.7 cm³/mol. The Morgan fingerprint density at radius 2 is 1.92 bits per heavy atom. The molecule has 0 saturated heterocycles. The van der Waals surface area contributed by atoms with Crippen LogP contribution in [0.4, 0.5) is 0 Å². The van der Waals surface area contributed by atoms with Crippen molar-refractivity contribution in [3.63, 3.8) is 0 Å². The van der Waals surface area contributed by atoms with Crippen molar-refractivity contribution in [2.75, 3.05) is 13.2 Å². The van der Waals surface area contributed by atoms with E-state index in [2.05, 4.69) is 4.98 Å². The summed E-state index contributed by atoms with van der Waals surface area (Å²) in [5.74, 6) is 0.860. The minimum atomic E-state index is 0.273. The van der Waals surface area contributed by atoms with Crippen LogP contribution < -0.4 is 4.74 Å². The maximum Gasteiger partial charge on any atom is 0.122 e. The van der Waals surface area contributed by atoms with Crippen molar-refractivity contribution in [1.29, 1.82) is 0 Å². The summed E-state index contributed by atoms with van der Waals surface area (Å²) >= 11 is 0. The van der Waals surface area contributed by atoms with Crippen LogP contribution in [0.5, 0.6) is 5.75 Å². The third kappa shape index (κ3) is 4.48. The highest BCUT2D eigenvalue weighted by molar-refractivity contribution is 5.16. The molecule has 0 aliphatic carbocycles. The largest absolute Gasteiger partial charge is 0.493 e. The second-order valence-corrected chi connectivity index (χ2v) is 2.82. The van der Waals surface area contributed by atoms with E-state index in [1.165, 1.54) is 0 Å². The summed E-state index contributed by atoms with van der Waals surface area (Å²) in [5.41, 5.74) is 0. The Morgan fingerprint density at radius 1 is 1.15 bits per heavy atom. The fourth-order valence-corrected chi connectivity index (χ4v) is 1.02. The average molecular weight is 181 g/mol. The first-order chi connectivity index (χ1) is 6.43. The highest BCUT2D eigenvalue weighted by Crippen LogP contribution is 2.07. The van der Waals surface area contributed by atoms with Crippen molar-refractivity contribution < 1.29 is 9.84 Å². The Balaban J connectivity index is 2.07. The van der Waals surface area contributed by atoms with Crippen molar-refractivity contribution in [2.24, 2.45) is 0 Å². The maximum atomic E-state index is 8.53. The van der Waals surface area contributed by atoms with Gasteiger partial charge in [0.1, 0.15) is 5.75 Å². The van der Waals surface area contributed by atoms with Crippen LogP contribution in [0, 0.1) is 0 Å². The monoisotopic (exact) mass is 181 g/mol. The maximum absolute atomic E-state index is 8.53. The van der Waals surface area contributed by atoms with Crippen LogP contribution >= 0.6 is 0 Å². The molecular formula is C10H15NO2. The van der Waals surface area contributed by atoms with E-state index in [0.29, 0.717) is 6.61 Å². The normalized spacial score (nSPS) is 9.92. The summed E-state index contributed by atoms with van der Waals surface area (Å²) in [5, 5.41) is 8.53. The topological polar surface area (TPSA) is 42.4 Å². The van der Waals surface area contributed by atoms with Gasteiger partial charge in [-0.15, -0.1) is 0 Å². The van der Waals surface area contributed by atoms with Crippen LogP contribution in [0.2, 0.25) is 0 Å². The second-order valence-electron chi connectivity index (χ2n) is 2.82. The summed E-state index contributed by atoms with van der Waals surface area (Å²) in [6, 6.07) is 3.68. The van der Waals surface area contributed by atoms with E-state index in [4.69, 9.17) is 9.84 Å². The molecule has 72 valence electrons. The average Bonchev–Trinajstić information content (AvgIpc) is 2.19. The number of aromatic nitrogens is 1. The Hall–Kier alpha value is -1.09. The lowest BCUT2D eigenvalue weighted by molar-refractivity contribution is 0.266. The van der Waals surface area contributed by atoms with Crippen molar-refractivity contribution in [3.8, 4) is 5.75 Å². The highest BCUT2D eigenvalue weighted by Gasteiger charge is 1.91. The SMILES string of the molecule is OCCCCCOc1ccncc1. The number of hydrogen-bond acceptors (Lipinski definition) is 3. The fourth-order valence-electron chi connectivity index (χ4n) is 1.02. The molecule has 0 saturated carbocycles. The zero-order valence-corrected chi connectivity index (χ0v) is 7.65. The fraction of sp³-hybridized carbons (Fsp3) is 0.500. The van der Waals surface area contributed by atoms with E-state index in [0.717, 1.165) is 25.0 Å². The van der Waals surface area contributed by atoms with Gasteiger partial charge >= 0.3 is 0 Å². The van der Waals surface area contributed by atoms with Crippen molar-refractivity contribution >= 4 is 0 Å². The molecule has 1 aromatic rings. The van der Waals surface area contributed by atoms with Gasteiger partial charge < -0.3 is 9.84 Å². The molecule has 0 fully saturated rings. The third-order valence-electron chi connectivity index (χ3n) is 1.72. The number of nitrogens with zero attached hydrogens (tertiary/aromatic N) is 1. The van der Waals surface area contributed by atoms with Gasteiger partial charge in [-0.3, -0.25) is 4.98 Å². The van der Waals surface area contributed by atoms with Gasteiger partial charge in [-0.05, 0) is 31.4 Å². The van der Waals surface area contributed by atoms with Crippen LogP contribution in [0.15, 0.2) is 24.5 Å². The molecule has 0 aliphatic heterocycles. The molecule has 13 heavy (non-hydrogen) atoms. The number of ether oxygens (including phenoxy) is 1. The molecule has 1 N–H and O–H groups in total. The summed E-state index contributed by atoms with van der Waals surface area (Å²) in [6.45, 7) is 0.985. The van der Waals surface area contributed by atoms with E-state index in [1.54, 1.807) is 12.4 Å². The molecule has 0 aliphatic rings. The predicted octanol–water partition coefficient (Wildman–Crippen LogP) is 1.62. The molecule has 1 aromatic heterocycles. The first-order valence-electron chi connectivity index (χ1n) is 4.57. The Morgan fingerprint density at radius 3 is 2.62 bits per heavy atom. The minimum Gasteiger partial charge on any atom is -0.493 e. The molecule has 0 radical (unpaired) electrons. The third-order valence-corrected chi connectivity index (χ3v) is 1.72. The van der Waals surface area contributed by atoms with E-state index in [-0.39, 0.29) is 6.61 Å². The summed E-state index contributed by atoms with van der Waals surface area (Å²) in [6.07, 6.45) is 6.29. The second kappa shape index (κ2) is 6.43. The number of aliphatic hydroxyl groups is 1. The molecule has 0 atom stereocenters. The molecule has 0 unspecified atom stereocenters. The van der Waals surface area contributed by atoms with E-state index >= 15 is 0 Å². The van der Waals surface area contributed by atoms with Gasteiger partial charge in [-0.25, -0.2) is 0 Å². The first-order valence-corrected chi connectivity index (χ1v) is 4.57. The zero-order valence-electron chi connectivity index (χ0n) is 7.65. The Kier molecular flexibility index (Phi) is 4.94. The minimum absolute atomic E-state index is 0.273. The van der Waals surface area contributed by atoms with Crippen LogP contribution in [-0.2, 0) is 0 Å². The highest BCUT2D eigenvalue weighted by atomic mass is 16.5. The first kappa shape index (κ1) is 9.99. The summed E-state index contributed by atoms with van der Waals surface area (Å²) < 4.78 is 5.43. The Bertz CT molecular complexity index is 213. The van der Waals surface area contributed by atoms with Gasteiger partial charge in [0, 0.05) is 19.0 Å². The summed E-state index contributed by atoms with van der Waals surface area (Å²) in [4.78, 5) is 3.89. The van der Waals surface area contributed by atoms with Gasteiger partial charge in [0.15, 0.2) is 0 Å². The van der Waals surface area contributed by atoms with Crippen LogP contribution in [-0.4, -0.2) is 23.3 Å². The van der Waals surface area contributed by atoms with Crippen molar-refractivity contribution in [3.05, 3.63) is 24.5 Å². The smallest absolute Gasteiger partial charge is 0.122 e. The van der Waals surface area contributed by atoms with Gasteiger partial charge in [0.2, 0.25) is 0 Å². The van der Waals surface area contributed by atoms with Gasteiger partial charge in [0.25, 0.3) is 0 Å². The van der Waals surface area contributed by atoms with Crippen molar-refractivity contribution in [1.82, 2.24) is 4.98 Å². The molecule has 0 bridgehead atoms. The van der Waals surface area contributed by atoms with Crippen LogP contribution in [0.3, 0.4) is 0 Å². The quantitative estimate of drug-likeness (QED) is 0.678. The molecule has 0 aromatic carbocycles. The molecule has 3 nitrogen and oxygen atoms in total. The van der Waals surface area contributed by atoms with E-state index in [9.17, 15) is 0 Å². The molecule has 1 rings (SSSR count). The Labute approximate surface area is 78.4 Å². The number of hydrogen-bond donors (Lipinski definition) is 1.